The smallest absolute Gasteiger partial charge is 0.327 e. The molecule has 0 aromatic heterocycles. The van der Waals surface area contributed by atoms with Crippen molar-refractivity contribution in [3.63, 3.8) is 0 Å². The van der Waals surface area contributed by atoms with Crippen LogP contribution in [0.3, 0.4) is 0 Å². The number of benzene rings is 1. The van der Waals surface area contributed by atoms with Gasteiger partial charge in [-0.3, -0.25) is 4.90 Å². The van der Waals surface area contributed by atoms with E-state index in [2.05, 4.69) is 0 Å². The molecule has 114 valence electrons. The van der Waals surface area contributed by atoms with Crippen molar-refractivity contribution in [3.8, 4) is 0 Å². The first kappa shape index (κ1) is 15.4. The molecule has 1 aromatic carbocycles. The number of anilines is 1. The van der Waals surface area contributed by atoms with Crippen molar-refractivity contribution in [2.75, 3.05) is 11.9 Å². The van der Waals surface area contributed by atoms with Crippen molar-refractivity contribution in [1.29, 1.82) is 0 Å². The Morgan fingerprint density at radius 2 is 1.95 bits per heavy atom. The van der Waals surface area contributed by atoms with Crippen molar-refractivity contribution in [1.82, 2.24) is 4.90 Å². The minimum atomic E-state index is -0.961. The first-order valence-corrected chi connectivity index (χ1v) is 7.37. The molecule has 1 unspecified atom stereocenters. The number of carbonyl (C=O) groups is 2. The Bertz CT molecular complexity index is 540. The molecule has 1 heterocycles. The molecule has 1 N–H and O–H groups in total. The number of carboxylic acid groups (broad SMARTS) is 1. The second-order valence-electron chi connectivity index (χ2n) is 5.42. The number of rotatable bonds is 4. The number of fused-ring (bicyclic) bond motifs is 1. The lowest BCUT2D eigenvalue weighted by molar-refractivity contribution is -0.138. The number of hydrogen-bond acceptors (Lipinski definition) is 2. The normalized spacial score (nSPS) is 17.0. The van der Waals surface area contributed by atoms with Gasteiger partial charge in [-0.25, -0.2) is 9.59 Å². The molecular formula is C16H22N2O3. The van der Waals surface area contributed by atoms with Crippen LogP contribution in [-0.2, 0) is 11.2 Å². The van der Waals surface area contributed by atoms with E-state index >= 15 is 0 Å². The van der Waals surface area contributed by atoms with E-state index < -0.39 is 12.0 Å². The highest BCUT2D eigenvalue weighted by Crippen LogP contribution is 2.33. The van der Waals surface area contributed by atoms with E-state index in [0.29, 0.717) is 12.1 Å². The summed E-state index contributed by atoms with van der Waals surface area (Å²) >= 11 is 0. The van der Waals surface area contributed by atoms with Gasteiger partial charge in [-0.15, -0.1) is 0 Å². The quantitative estimate of drug-likeness (QED) is 0.927. The summed E-state index contributed by atoms with van der Waals surface area (Å²) in [5.41, 5.74) is 1.63. The molecule has 1 atom stereocenters. The van der Waals surface area contributed by atoms with Crippen LogP contribution in [0.4, 0.5) is 10.5 Å². The number of hydrogen-bond donors (Lipinski definition) is 1. The van der Waals surface area contributed by atoms with E-state index in [-0.39, 0.29) is 12.1 Å². The molecule has 21 heavy (non-hydrogen) atoms. The molecule has 1 aliphatic rings. The zero-order valence-electron chi connectivity index (χ0n) is 12.7. The molecule has 0 saturated carbocycles. The fourth-order valence-electron chi connectivity index (χ4n) is 2.98. The molecule has 0 radical (unpaired) electrons. The van der Waals surface area contributed by atoms with Gasteiger partial charge < -0.3 is 10.0 Å². The molecule has 5 heteroatoms. The van der Waals surface area contributed by atoms with Crippen LogP contribution in [0.25, 0.3) is 0 Å². The Morgan fingerprint density at radius 1 is 1.33 bits per heavy atom. The lowest BCUT2D eigenvalue weighted by atomic mass is 10.1. The largest absolute Gasteiger partial charge is 0.480 e. The van der Waals surface area contributed by atoms with Crippen LogP contribution in [0.5, 0.6) is 0 Å². The van der Waals surface area contributed by atoms with E-state index in [9.17, 15) is 14.7 Å². The van der Waals surface area contributed by atoms with Gasteiger partial charge >= 0.3 is 12.0 Å². The Hall–Kier alpha value is -2.04. The SMILES string of the molecule is CCC(CC)N(C)C(=O)N1c2ccccc2CC1C(=O)O. The minimum Gasteiger partial charge on any atom is -0.480 e. The monoisotopic (exact) mass is 290 g/mol. The Kier molecular flexibility index (Phi) is 4.50. The van der Waals surface area contributed by atoms with Gasteiger partial charge in [0.15, 0.2) is 0 Å². The summed E-state index contributed by atoms with van der Waals surface area (Å²) in [7, 11) is 1.75. The second kappa shape index (κ2) is 6.16. The molecule has 5 nitrogen and oxygen atoms in total. The van der Waals surface area contributed by atoms with Gasteiger partial charge in [0, 0.05) is 25.2 Å². The predicted molar refractivity (Wildman–Crippen MR) is 81.6 cm³/mol. The fourth-order valence-corrected chi connectivity index (χ4v) is 2.98. The summed E-state index contributed by atoms with van der Waals surface area (Å²) in [4.78, 5) is 27.4. The first-order valence-electron chi connectivity index (χ1n) is 7.37. The molecule has 2 amide bonds. The first-order chi connectivity index (χ1) is 10.0. The summed E-state index contributed by atoms with van der Waals surface area (Å²) in [6.07, 6.45) is 2.08. The molecule has 0 bridgehead atoms. The van der Waals surface area contributed by atoms with Crippen LogP contribution >= 0.6 is 0 Å². The van der Waals surface area contributed by atoms with E-state index in [1.54, 1.807) is 11.9 Å². The fraction of sp³-hybridized carbons (Fsp3) is 0.500. The average Bonchev–Trinajstić information content (AvgIpc) is 2.87. The molecule has 0 saturated heterocycles. The number of carboxylic acids is 1. The third kappa shape index (κ3) is 2.73. The van der Waals surface area contributed by atoms with Gasteiger partial charge in [-0.1, -0.05) is 32.0 Å². The topological polar surface area (TPSA) is 60.9 Å². The number of carbonyl (C=O) groups excluding carboxylic acids is 1. The van der Waals surface area contributed by atoms with Crippen LogP contribution in [0.2, 0.25) is 0 Å². The predicted octanol–water partition coefficient (Wildman–Crippen LogP) is 2.74. The zero-order chi connectivity index (χ0) is 15.6. The summed E-state index contributed by atoms with van der Waals surface area (Å²) in [5, 5.41) is 9.43. The van der Waals surface area contributed by atoms with Crippen molar-refractivity contribution < 1.29 is 14.7 Å². The van der Waals surface area contributed by atoms with Crippen LogP contribution in [-0.4, -0.2) is 41.1 Å². The van der Waals surface area contributed by atoms with Crippen LogP contribution < -0.4 is 4.90 Å². The van der Waals surface area contributed by atoms with Crippen molar-refractivity contribution in [3.05, 3.63) is 29.8 Å². The van der Waals surface area contributed by atoms with E-state index in [0.717, 1.165) is 18.4 Å². The average molecular weight is 290 g/mol. The summed E-state index contributed by atoms with van der Waals surface area (Å²) in [6, 6.07) is 6.48. The molecule has 2 rings (SSSR count). The van der Waals surface area contributed by atoms with E-state index in [1.807, 2.05) is 38.1 Å². The molecular weight excluding hydrogens is 268 g/mol. The lowest BCUT2D eigenvalue weighted by Gasteiger charge is -2.32. The van der Waals surface area contributed by atoms with Crippen molar-refractivity contribution in [2.24, 2.45) is 0 Å². The molecule has 1 aromatic rings. The molecule has 0 spiro atoms. The van der Waals surface area contributed by atoms with Gasteiger partial charge in [0.25, 0.3) is 0 Å². The Labute approximate surface area is 125 Å². The summed E-state index contributed by atoms with van der Waals surface area (Å²) < 4.78 is 0. The van der Waals surface area contributed by atoms with Gasteiger partial charge in [0.1, 0.15) is 6.04 Å². The molecule has 0 aliphatic carbocycles. The zero-order valence-corrected chi connectivity index (χ0v) is 12.7. The molecule has 1 aliphatic heterocycles. The highest BCUT2D eigenvalue weighted by atomic mass is 16.4. The number of urea groups is 1. The van der Waals surface area contributed by atoms with Crippen molar-refractivity contribution in [2.45, 2.75) is 45.2 Å². The maximum atomic E-state index is 12.8. The number of para-hydroxylation sites is 1. The minimum absolute atomic E-state index is 0.125. The summed E-state index contributed by atoms with van der Waals surface area (Å²) in [6.45, 7) is 4.06. The van der Waals surface area contributed by atoms with Crippen LogP contribution in [0.1, 0.15) is 32.3 Å². The Morgan fingerprint density at radius 3 is 2.52 bits per heavy atom. The number of nitrogens with zero attached hydrogens (tertiary/aromatic N) is 2. The Balaban J connectivity index is 2.34. The van der Waals surface area contributed by atoms with Crippen molar-refractivity contribution >= 4 is 17.7 Å². The van der Waals surface area contributed by atoms with E-state index in [4.69, 9.17) is 0 Å². The number of aliphatic carboxylic acids is 1. The van der Waals surface area contributed by atoms with Gasteiger partial charge in [-0.2, -0.15) is 0 Å². The maximum Gasteiger partial charge on any atom is 0.327 e. The third-order valence-corrected chi connectivity index (χ3v) is 4.26. The third-order valence-electron chi connectivity index (χ3n) is 4.26. The van der Waals surface area contributed by atoms with Gasteiger partial charge in [0.2, 0.25) is 0 Å². The second-order valence-corrected chi connectivity index (χ2v) is 5.42. The van der Waals surface area contributed by atoms with E-state index in [1.165, 1.54) is 4.90 Å². The molecule has 0 fully saturated rings. The van der Waals surface area contributed by atoms with Crippen LogP contribution in [0, 0.1) is 0 Å². The maximum absolute atomic E-state index is 12.8. The highest BCUT2D eigenvalue weighted by molar-refractivity contribution is 6.01. The highest BCUT2D eigenvalue weighted by Gasteiger charge is 2.40. The van der Waals surface area contributed by atoms with Crippen LogP contribution in [0.15, 0.2) is 24.3 Å². The lowest BCUT2D eigenvalue weighted by Crippen LogP contribution is -2.51. The van der Waals surface area contributed by atoms with Gasteiger partial charge in [0.05, 0.1) is 0 Å². The van der Waals surface area contributed by atoms with Gasteiger partial charge in [-0.05, 0) is 24.5 Å². The standard InChI is InChI=1S/C16H22N2O3/c1-4-12(5-2)17(3)16(21)18-13-9-7-6-8-11(13)10-14(18)15(19)20/h6-9,12,14H,4-5,10H2,1-3H3,(H,19,20). The number of amides is 2. The summed E-state index contributed by atoms with van der Waals surface area (Å²) in [5.74, 6) is -0.961.